The van der Waals surface area contributed by atoms with Gasteiger partial charge in [0, 0.05) is 12.5 Å². The standard InChI is InChI=1S/C11H12N4O4S2/c1-19-4-9-14-15-11(21-9)13-7(16)3-8-12-6(5-20-8)2-10(17)18/h5H,2-4H2,1H3,(H,17,18)(H,13,15,16). The summed E-state index contributed by atoms with van der Waals surface area (Å²) in [5.74, 6) is -1.22. The monoisotopic (exact) mass is 328 g/mol. The minimum Gasteiger partial charge on any atom is -0.481 e. The van der Waals surface area contributed by atoms with Crippen LogP contribution in [0.5, 0.6) is 0 Å². The van der Waals surface area contributed by atoms with E-state index in [9.17, 15) is 9.59 Å². The third-order valence-corrected chi connectivity index (χ3v) is 3.93. The summed E-state index contributed by atoms with van der Waals surface area (Å²) in [5.41, 5.74) is 0.452. The van der Waals surface area contributed by atoms with Crippen molar-refractivity contribution in [3.8, 4) is 0 Å². The van der Waals surface area contributed by atoms with Gasteiger partial charge in [0.1, 0.15) is 16.6 Å². The molecule has 112 valence electrons. The molecule has 2 rings (SSSR count). The van der Waals surface area contributed by atoms with Crippen molar-refractivity contribution in [1.82, 2.24) is 15.2 Å². The van der Waals surface area contributed by atoms with Crippen molar-refractivity contribution in [1.29, 1.82) is 0 Å². The molecule has 0 radical (unpaired) electrons. The zero-order chi connectivity index (χ0) is 15.2. The minimum absolute atomic E-state index is 0.0729. The highest BCUT2D eigenvalue weighted by molar-refractivity contribution is 7.15. The summed E-state index contributed by atoms with van der Waals surface area (Å²) in [7, 11) is 1.55. The maximum absolute atomic E-state index is 11.8. The van der Waals surface area contributed by atoms with Crippen LogP contribution in [0, 0.1) is 0 Å². The molecule has 0 saturated carbocycles. The largest absolute Gasteiger partial charge is 0.481 e. The van der Waals surface area contributed by atoms with Gasteiger partial charge in [0.15, 0.2) is 0 Å². The van der Waals surface area contributed by atoms with E-state index >= 15 is 0 Å². The number of anilines is 1. The van der Waals surface area contributed by atoms with E-state index in [1.165, 1.54) is 22.7 Å². The van der Waals surface area contributed by atoms with Gasteiger partial charge in [-0.05, 0) is 0 Å². The number of carboxylic acids is 1. The second kappa shape index (κ2) is 7.20. The van der Waals surface area contributed by atoms with Crippen molar-refractivity contribution in [2.24, 2.45) is 0 Å². The molecule has 21 heavy (non-hydrogen) atoms. The van der Waals surface area contributed by atoms with Crippen LogP contribution in [0.4, 0.5) is 5.13 Å². The lowest BCUT2D eigenvalue weighted by Crippen LogP contribution is -2.14. The van der Waals surface area contributed by atoms with E-state index in [0.29, 0.717) is 27.4 Å². The summed E-state index contributed by atoms with van der Waals surface area (Å²) in [6, 6.07) is 0. The zero-order valence-electron chi connectivity index (χ0n) is 11.0. The molecule has 0 aromatic carbocycles. The lowest BCUT2D eigenvalue weighted by atomic mass is 10.3. The molecule has 2 aromatic heterocycles. The van der Waals surface area contributed by atoms with Crippen molar-refractivity contribution in [2.45, 2.75) is 19.4 Å². The fourth-order valence-electron chi connectivity index (χ4n) is 1.45. The van der Waals surface area contributed by atoms with Crippen LogP contribution in [-0.2, 0) is 33.8 Å². The Balaban J connectivity index is 1.88. The highest BCUT2D eigenvalue weighted by atomic mass is 32.1. The summed E-state index contributed by atoms with van der Waals surface area (Å²) in [4.78, 5) is 26.5. The number of carbonyl (C=O) groups is 2. The quantitative estimate of drug-likeness (QED) is 0.777. The van der Waals surface area contributed by atoms with E-state index in [2.05, 4.69) is 20.5 Å². The summed E-state index contributed by atoms with van der Waals surface area (Å²) in [6.07, 6.45) is -0.0711. The Labute approximate surface area is 127 Å². The average Bonchev–Trinajstić information content (AvgIpc) is 2.99. The van der Waals surface area contributed by atoms with E-state index in [-0.39, 0.29) is 18.7 Å². The Kier molecular flexibility index (Phi) is 5.31. The molecule has 0 atom stereocenters. The number of thiazole rings is 1. The number of nitrogens with zero attached hydrogens (tertiary/aromatic N) is 3. The molecule has 0 fully saturated rings. The number of rotatable bonds is 7. The second-order valence-electron chi connectivity index (χ2n) is 3.96. The summed E-state index contributed by atoms with van der Waals surface area (Å²) in [5, 5.41) is 22.2. The SMILES string of the molecule is COCc1nnc(NC(=O)Cc2nc(CC(=O)O)cs2)s1. The Bertz CT molecular complexity index is 640. The number of hydrogen-bond acceptors (Lipinski definition) is 8. The van der Waals surface area contributed by atoms with Crippen LogP contribution in [0.15, 0.2) is 5.38 Å². The van der Waals surface area contributed by atoms with Gasteiger partial charge < -0.3 is 15.2 Å². The van der Waals surface area contributed by atoms with Crippen molar-refractivity contribution in [2.75, 3.05) is 12.4 Å². The Hall–Kier alpha value is -1.91. The van der Waals surface area contributed by atoms with E-state index in [0.717, 1.165) is 0 Å². The van der Waals surface area contributed by atoms with Crippen molar-refractivity contribution in [3.63, 3.8) is 0 Å². The normalized spacial score (nSPS) is 10.5. The molecule has 0 bridgehead atoms. The van der Waals surface area contributed by atoms with Crippen LogP contribution in [0.3, 0.4) is 0 Å². The molecule has 2 heterocycles. The number of aliphatic carboxylic acids is 1. The lowest BCUT2D eigenvalue weighted by molar-refractivity contribution is -0.136. The first-order chi connectivity index (χ1) is 10.1. The fourth-order valence-corrected chi connectivity index (χ4v) is 2.97. The van der Waals surface area contributed by atoms with Gasteiger partial charge in [0.05, 0.1) is 18.5 Å². The van der Waals surface area contributed by atoms with Gasteiger partial charge in [-0.2, -0.15) is 0 Å². The molecule has 2 aromatic rings. The molecule has 0 unspecified atom stereocenters. The number of carbonyl (C=O) groups excluding carboxylic acids is 1. The maximum atomic E-state index is 11.8. The maximum Gasteiger partial charge on any atom is 0.309 e. The van der Waals surface area contributed by atoms with Crippen molar-refractivity contribution < 1.29 is 19.4 Å². The molecule has 0 aliphatic heterocycles. The second-order valence-corrected chi connectivity index (χ2v) is 5.97. The number of carboxylic acid groups (broad SMARTS) is 1. The van der Waals surface area contributed by atoms with Gasteiger partial charge in [-0.1, -0.05) is 11.3 Å². The highest BCUT2D eigenvalue weighted by Gasteiger charge is 2.12. The van der Waals surface area contributed by atoms with Gasteiger partial charge in [-0.25, -0.2) is 4.98 Å². The van der Waals surface area contributed by atoms with E-state index in [1.807, 2.05) is 0 Å². The van der Waals surface area contributed by atoms with Crippen LogP contribution in [-0.4, -0.2) is 39.3 Å². The minimum atomic E-state index is -0.948. The third kappa shape index (κ3) is 4.85. The molecule has 0 spiro atoms. The Morgan fingerprint density at radius 2 is 2.14 bits per heavy atom. The average molecular weight is 328 g/mol. The van der Waals surface area contributed by atoms with Gasteiger partial charge in [-0.15, -0.1) is 21.5 Å². The predicted molar refractivity (Wildman–Crippen MR) is 76.4 cm³/mol. The van der Waals surface area contributed by atoms with Crippen LogP contribution in [0.2, 0.25) is 0 Å². The van der Waals surface area contributed by atoms with Crippen LogP contribution < -0.4 is 5.32 Å². The number of ether oxygens (including phenoxy) is 1. The van der Waals surface area contributed by atoms with Gasteiger partial charge in [0.25, 0.3) is 0 Å². The molecule has 10 heteroatoms. The number of aromatic nitrogens is 3. The number of amides is 1. The van der Waals surface area contributed by atoms with Crippen LogP contribution in [0.25, 0.3) is 0 Å². The lowest BCUT2D eigenvalue weighted by Gasteiger charge is -1.97. The van der Waals surface area contributed by atoms with E-state index in [4.69, 9.17) is 9.84 Å². The molecule has 8 nitrogen and oxygen atoms in total. The van der Waals surface area contributed by atoms with Gasteiger partial charge >= 0.3 is 5.97 Å². The van der Waals surface area contributed by atoms with Crippen LogP contribution in [0.1, 0.15) is 15.7 Å². The summed E-state index contributed by atoms with van der Waals surface area (Å²) < 4.78 is 4.92. The molecular formula is C11H12N4O4S2. The van der Waals surface area contributed by atoms with E-state index < -0.39 is 5.97 Å². The molecule has 0 saturated heterocycles. The van der Waals surface area contributed by atoms with Crippen molar-refractivity contribution >= 4 is 39.7 Å². The topological polar surface area (TPSA) is 114 Å². The molecular weight excluding hydrogens is 316 g/mol. The molecule has 0 aliphatic carbocycles. The number of nitrogens with one attached hydrogen (secondary N) is 1. The molecule has 1 amide bonds. The molecule has 2 N–H and O–H groups in total. The fraction of sp³-hybridized carbons (Fsp3) is 0.364. The zero-order valence-corrected chi connectivity index (χ0v) is 12.7. The Morgan fingerprint density at radius 1 is 1.33 bits per heavy atom. The van der Waals surface area contributed by atoms with Gasteiger partial charge in [0.2, 0.25) is 11.0 Å². The number of hydrogen-bond donors (Lipinski definition) is 2. The first-order valence-electron chi connectivity index (χ1n) is 5.83. The predicted octanol–water partition coefficient (Wildman–Crippen LogP) is 0.949. The molecule has 0 aliphatic rings. The first-order valence-corrected chi connectivity index (χ1v) is 7.52. The summed E-state index contributed by atoms with van der Waals surface area (Å²) in [6.45, 7) is 0.346. The third-order valence-electron chi connectivity index (χ3n) is 2.22. The van der Waals surface area contributed by atoms with Gasteiger partial charge in [-0.3, -0.25) is 9.59 Å². The Morgan fingerprint density at radius 3 is 2.86 bits per heavy atom. The highest BCUT2D eigenvalue weighted by Crippen LogP contribution is 2.17. The summed E-state index contributed by atoms with van der Waals surface area (Å²) >= 11 is 2.49. The van der Waals surface area contributed by atoms with Crippen molar-refractivity contribution in [3.05, 3.63) is 21.1 Å². The first kappa shape index (κ1) is 15.5. The number of methoxy groups -OCH3 is 1. The smallest absolute Gasteiger partial charge is 0.309 e. The van der Waals surface area contributed by atoms with E-state index in [1.54, 1.807) is 12.5 Å². The van der Waals surface area contributed by atoms with Crippen LogP contribution >= 0.6 is 22.7 Å².